The lowest BCUT2D eigenvalue weighted by Crippen LogP contribution is -2.33. The molecule has 0 spiro atoms. The number of nitrogens with zero attached hydrogens (tertiary/aromatic N) is 2. The minimum atomic E-state index is -1.03. The fraction of sp³-hybridized carbons (Fsp3) is 0.400. The van der Waals surface area contributed by atoms with Crippen molar-refractivity contribution in [2.45, 2.75) is 31.9 Å². The van der Waals surface area contributed by atoms with Crippen LogP contribution in [0.4, 0.5) is 0 Å². The first-order valence-corrected chi connectivity index (χ1v) is 6.96. The second kappa shape index (κ2) is 5.65. The molecule has 0 aliphatic heterocycles. The van der Waals surface area contributed by atoms with Crippen LogP contribution in [0.2, 0.25) is 0 Å². The molecule has 1 aliphatic rings. The minimum Gasteiger partial charge on any atom is -0.480 e. The Hall–Kier alpha value is -2.21. The molecule has 110 valence electrons. The summed E-state index contributed by atoms with van der Waals surface area (Å²) in [4.78, 5) is 27.7. The standard InChI is InChI=1S/C15H16N2O4/c18-14(19)9-21-8-13-16-12-7-2-1-6-11(12)15(20)17(13)10-4-3-5-10/h1-2,6-7,10H,3-5,8-9H2,(H,18,19). The highest BCUT2D eigenvalue weighted by atomic mass is 16.5. The fourth-order valence-electron chi connectivity index (χ4n) is 2.54. The predicted molar refractivity (Wildman–Crippen MR) is 76.2 cm³/mol. The quantitative estimate of drug-likeness (QED) is 0.906. The van der Waals surface area contributed by atoms with Crippen LogP contribution in [0.5, 0.6) is 0 Å². The van der Waals surface area contributed by atoms with Gasteiger partial charge in [0.25, 0.3) is 5.56 Å². The topological polar surface area (TPSA) is 81.4 Å². The Balaban J connectivity index is 2.03. The third-order valence-corrected chi connectivity index (χ3v) is 3.78. The van der Waals surface area contributed by atoms with E-state index in [1.807, 2.05) is 12.1 Å². The zero-order valence-electron chi connectivity index (χ0n) is 11.5. The normalized spacial score (nSPS) is 15.0. The van der Waals surface area contributed by atoms with Gasteiger partial charge in [0.15, 0.2) is 0 Å². The maximum Gasteiger partial charge on any atom is 0.329 e. The van der Waals surface area contributed by atoms with Gasteiger partial charge in [-0.15, -0.1) is 0 Å². The summed E-state index contributed by atoms with van der Waals surface area (Å²) in [5, 5.41) is 9.23. The van der Waals surface area contributed by atoms with Gasteiger partial charge >= 0.3 is 5.97 Å². The number of carboxylic acids is 1. The van der Waals surface area contributed by atoms with Crippen molar-refractivity contribution >= 4 is 16.9 Å². The maximum absolute atomic E-state index is 12.6. The van der Waals surface area contributed by atoms with Crippen LogP contribution in [0.25, 0.3) is 10.9 Å². The monoisotopic (exact) mass is 288 g/mol. The second-order valence-corrected chi connectivity index (χ2v) is 5.19. The number of benzene rings is 1. The first-order valence-electron chi connectivity index (χ1n) is 6.96. The molecule has 0 amide bonds. The molecule has 0 saturated heterocycles. The van der Waals surface area contributed by atoms with Crippen LogP contribution in [-0.4, -0.2) is 27.2 Å². The highest BCUT2D eigenvalue weighted by Gasteiger charge is 2.24. The molecule has 6 heteroatoms. The molecule has 3 rings (SSSR count). The number of carboxylic acid groups (broad SMARTS) is 1. The number of aliphatic carboxylic acids is 1. The molecule has 0 unspecified atom stereocenters. The Labute approximate surface area is 121 Å². The zero-order chi connectivity index (χ0) is 14.8. The van der Waals surface area contributed by atoms with Gasteiger partial charge in [0.2, 0.25) is 0 Å². The maximum atomic E-state index is 12.6. The second-order valence-electron chi connectivity index (χ2n) is 5.19. The first-order chi connectivity index (χ1) is 10.2. The van der Waals surface area contributed by atoms with Gasteiger partial charge in [0.1, 0.15) is 19.0 Å². The summed E-state index contributed by atoms with van der Waals surface area (Å²) in [5.74, 6) is -0.530. The van der Waals surface area contributed by atoms with Crippen molar-refractivity contribution in [1.29, 1.82) is 0 Å². The molecule has 21 heavy (non-hydrogen) atoms. The average Bonchev–Trinajstić information content (AvgIpc) is 2.40. The van der Waals surface area contributed by atoms with Crippen molar-refractivity contribution in [2.75, 3.05) is 6.61 Å². The zero-order valence-corrected chi connectivity index (χ0v) is 11.5. The number of ether oxygens (including phenoxy) is 1. The SMILES string of the molecule is O=C(O)COCc1nc2ccccc2c(=O)n1C1CCC1. The van der Waals surface area contributed by atoms with Crippen molar-refractivity contribution in [3.63, 3.8) is 0 Å². The molecule has 1 N–H and O–H groups in total. The van der Waals surface area contributed by atoms with Crippen molar-refractivity contribution in [3.8, 4) is 0 Å². The smallest absolute Gasteiger partial charge is 0.329 e. The summed E-state index contributed by atoms with van der Waals surface area (Å²) in [6.45, 7) is -0.365. The van der Waals surface area contributed by atoms with Crippen molar-refractivity contribution < 1.29 is 14.6 Å². The summed E-state index contributed by atoms with van der Waals surface area (Å²) in [5.41, 5.74) is 0.547. The molecule has 1 fully saturated rings. The van der Waals surface area contributed by atoms with Gasteiger partial charge in [0, 0.05) is 6.04 Å². The number of hydrogen-bond acceptors (Lipinski definition) is 4. The number of para-hydroxylation sites is 1. The molecule has 1 aliphatic carbocycles. The van der Waals surface area contributed by atoms with Crippen LogP contribution in [0.3, 0.4) is 0 Å². The lowest BCUT2D eigenvalue weighted by molar-refractivity contribution is -0.142. The predicted octanol–water partition coefficient (Wildman–Crippen LogP) is 1.72. The highest BCUT2D eigenvalue weighted by molar-refractivity contribution is 5.77. The van der Waals surface area contributed by atoms with E-state index in [4.69, 9.17) is 9.84 Å². The van der Waals surface area contributed by atoms with Crippen molar-refractivity contribution in [1.82, 2.24) is 9.55 Å². The van der Waals surface area contributed by atoms with E-state index in [2.05, 4.69) is 4.98 Å². The van der Waals surface area contributed by atoms with Gasteiger partial charge in [-0.3, -0.25) is 9.36 Å². The molecule has 0 atom stereocenters. The molecular weight excluding hydrogens is 272 g/mol. The summed E-state index contributed by atoms with van der Waals surface area (Å²) in [6.07, 6.45) is 3.00. The van der Waals surface area contributed by atoms with E-state index in [1.165, 1.54) is 0 Å². The molecule has 1 heterocycles. The molecule has 0 bridgehead atoms. The van der Waals surface area contributed by atoms with Gasteiger partial charge in [-0.2, -0.15) is 0 Å². The molecular formula is C15H16N2O4. The lowest BCUT2D eigenvalue weighted by Gasteiger charge is -2.29. The van der Waals surface area contributed by atoms with Crippen LogP contribution in [0, 0.1) is 0 Å². The number of rotatable bonds is 5. The third-order valence-electron chi connectivity index (χ3n) is 3.78. The number of aromatic nitrogens is 2. The molecule has 6 nitrogen and oxygen atoms in total. The van der Waals surface area contributed by atoms with Gasteiger partial charge < -0.3 is 9.84 Å². The van der Waals surface area contributed by atoms with Crippen LogP contribution in [0.1, 0.15) is 31.1 Å². The van der Waals surface area contributed by atoms with Crippen LogP contribution < -0.4 is 5.56 Å². The lowest BCUT2D eigenvalue weighted by atomic mass is 9.92. The first kappa shape index (κ1) is 13.8. The van der Waals surface area contributed by atoms with Crippen molar-refractivity contribution in [3.05, 3.63) is 40.4 Å². The molecule has 1 aromatic carbocycles. The van der Waals surface area contributed by atoms with E-state index in [0.717, 1.165) is 19.3 Å². The number of fused-ring (bicyclic) bond motifs is 1. The van der Waals surface area contributed by atoms with Crippen LogP contribution >= 0.6 is 0 Å². The number of carbonyl (C=O) groups is 1. The third kappa shape index (κ3) is 2.67. The van der Waals surface area contributed by atoms with Gasteiger partial charge in [-0.05, 0) is 31.4 Å². The molecule has 2 aromatic rings. The largest absolute Gasteiger partial charge is 0.480 e. The van der Waals surface area contributed by atoms with Gasteiger partial charge in [-0.25, -0.2) is 9.78 Å². The Morgan fingerprint density at radius 1 is 1.38 bits per heavy atom. The van der Waals surface area contributed by atoms with E-state index < -0.39 is 12.6 Å². The minimum absolute atomic E-state index is 0.0306. The van der Waals surface area contributed by atoms with E-state index >= 15 is 0 Å². The summed E-state index contributed by atoms with van der Waals surface area (Å²) in [7, 11) is 0. The Morgan fingerprint density at radius 3 is 2.81 bits per heavy atom. The van der Waals surface area contributed by atoms with Gasteiger partial charge in [-0.1, -0.05) is 12.1 Å². The Morgan fingerprint density at radius 2 is 2.14 bits per heavy atom. The molecule has 0 radical (unpaired) electrons. The van der Waals surface area contributed by atoms with E-state index in [1.54, 1.807) is 16.7 Å². The number of hydrogen-bond donors (Lipinski definition) is 1. The van der Waals surface area contributed by atoms with E-state index in [9.17, 15) is 9.59 Å². The van der Waals surface area contributed by atoms with E-state index in [0.29, 0.717) is 16.7 Å². The molecule has 1 saturated carbocycles. The van der Waals surface area contributed by atoms with Crippen molar-refractivity contribution in [2.24, 2.45) is 0 Å². The van der Waals surface area contributed by atoms with Gasteiger partial charge in [0.05, 0.1) is 10.9 Å². The Bertz CT molecular complexity index is 734. The summed E-state index contributed by atoms with van der Waals surface area (Å²) < 4.78 is 6.80. The average molecular weight is 288 g/mol. The van der Waals surface area contributed by atoms with Crippen LogP contribution in [0.15, 0.2) is 29.1 Å². The fourth-order valence-corrected chi connectivity index (χ4v) is 2.54. The summed E-state index contributed by atoms with van der Waals surface area (Å²) >= 11 is 0. The Kier molecular flexibility index (Phi) is 3.70. The summed E-state index contributed by atoms with van der Waals surface area (Å²) in [6, 6.07) is 7.34. The van der Waals surface area contributed by atoms with E-state index in [-0.39, 0.29) is 18.2 Å². The molecule has 1 aromatic heterocycles. The van der Waals surface area contributed by atoms with Crippen LogP contribution in [-0.2, 0) is 16.1 Å². The highest BCUT2D eigenvalue weighted by Crippen LogP contribution is 2.31.